The lowest BCUT2D eigenvalue weighted by atomic mass is 10.0. The maximum atomic E-state index is 5.74. The maximum Gasteiger partial charge on any atom is 0.150 e. The van der Waals surface area contributed by atoms with Gasteiger partial charge in [-0.3, -0.25) is 0 Å². The average Bonchev–Trinajstić information content (AvgIpc) is 2.46. The van der Waals surface area contributed by atoms with Crippen LogP contribution in [0, 0.1) is 37.0 Å². The van der Waals surface area contributed by atoms with Crippen LogP contribution >= 0.6 is 0 Å². The minimum Gasteiger partial charge on any atom is -0.491 e. The van der Waals surface area contributed by atoms with E-state index in [0.717, 1.165) is 12.8 Å². The number of hydrogen-bond donors (Lipinski definition) is 0. The molecule has 0 N–H and O–H groups in total. The van der Waals surface area contributed by atoms with E-state index in [1.807, 2.05) is 0 Å². The Hall–Kier alpha value is -2.30. The fraction of sp³-hybridized carbons (Fsp3) is 0.333. The zero-order valence-corrected chi connectivity index (χ0v) is 11.3. The molecular weight excluding hydrogens is 232 g/mol. The smallest absolute Gasteiger partial charge is 0.150 e. The van der Waals surface area contributed by atoms with Crippen LogP contribution in [0.1, 0.15) is 49.3 Å². The van der Waals surface area contributed by atoms with Gasteiger partial charge in [-0.25, -0.2) is 0 Å². The lowest BCUT2D eigenvalue weighted by Crippen LogP contribution is -2.02. The molecule has 0 spiro atoms. The van der Waals surface area contributed by atoms with E-state index < -0.39 is 0 Å². The van der Waals surface area contributed by atoms with Gasteiger partial charge in [0.2, 0.25) is 0 Å². The number of hydrogen-bond acceptors (Lipinski definition) is 1. The quantitative estimate of drug-likeness (QED) is 0.554. The number of terminal acetylenes is 3. The molecule has 1 aromatic carbocycles. The summed E-state index contributed by atoms with van der Waals surface area (Å²) >= 11 is 0. The first-order valence-electron chi connectivity index (χ1n) is 6.47. The average molecular weight is 250 g/mol. The second-order valence-corrected chi connectivity index (χ2v) is 4.24. The molecule has 0 radical (unpaired) electrons. The van der Waals surface area contributed by atoms with E-state index in [4.69, 9.17) is 24.0 Å². The normalized spacial score (nSPS) is 9.16. The third-order valence-corrected chi connectivity index (χ3v) is 2.81. The maximum absolute atomic E-state index is 5.74. The molecule has 0 saturated carbocycles. The summed E-state index contributed by atoms with van der Waals surface area (Å²) in [6, 6.07) is 3.50. The van der Waals surface area contributed by atoms with Crippen molar-refractivity contribution in [1.29, 1.82) is 0 Å². The highest BCUT2D eigenvalue weighted by molar-refractivity contribution is 5.60. The van der Waals surface area contributed by atoms with Crippen LogP contribution in [-0.2, 0) is 0 Å². The van der Waals surface area contributed by atoms with Gasteiger partial charge in [-0.05, 0) is 18.6 Å². The Bertz CT molecular complexity index is 512. The minimum atomic E-state index is 0.598. The lowest BCUT2D eigenvalue weighted by Gasteiger charge is -2.11. The summed E-state index contributed by atoms with van der Waals surface area (Å²) in [4.78, 5) is 0. The van der Waals surface area contributed by atoms with Gasteiger partial charge in [-0.1, -0.05) is 43.9 Å². The molecule has 1 nitrogen and oxygen atoms in total. The second kappa shape index (κ2) is 7.92. The summed E-state index contributed by atoms with van der Waals surface area (Å²) in [5, 5.41) is 0. The van der Waals surface area contributed by atoms with Crippen molar-refractivity contribution in [3.8, 4) is 42.8 Å². The van der Waals surface area contributed by atoms with Gasteiger partial charge in [-0.2, -0.15) is 0 Å². The number of ether oxygens (including phenoxy) is 1. The molecule has 0 aromatic heterocycles. The van der Waals surface area contributed by atoms with Crippen molar-refractivity contribution in [2.75, 3.05) is 6.61 Å². The summed E-state index contributed by atoms with van der Waals surface area (Å²) in [7, 11) is 0. The molecule has 0 saturated heterocycles. The van der Waals surface area contributed by atoms with Crippen LogP contribution < -0.4 is 4.74 Å². The summed E-state index contributed by atoms with van der Waals surface area (Å²) < 4.78 is 5.74. The first-order valence-corrected chi connectivity index (χ1v) is 6.47. The van der Waals surface area contributed by atoms with E-state index in [9.17, 15) is 0 Å². The van der Waals surface area contributed by atoms with Gasteiger partial charge >= 0.3 is 0 Å². The Morgan fingerprint density at radius 2 is 1.58 bits per heavy atom. The van der Waals surface area contributed by atoms with Gasteiger partial charge in [0.05, 0.1) is 17.7 Å². The Balaban J connectivity index is 2.85. The van der Waals surface area contributed by atoms with Gasteiger partial charge in [0, 0.05) is 5.56 Å². The van der Waals surface area contributed by atoms with E-state index >= 15 is 0 Å². The van der Waals surface area contributed by atoms with Crippen LogP contribution in [0.25, 0.3) is 0 Å². The van der Waals surface area contributed by atoms with Crippen LogP contribution in [0.5, 0.6) is 5.75 Å². The predicted octanol–water partition coefficient (Wildman–Crippen LogP) is 3.59. The zero-order chi connectivity index (χ0) is 14.1. The van der Waals surface area contributed by atoms with E-state index in [1.165, 1.54) is 12.8 Å². The molecule has 0 aliphatic rings. The van der Waals surface area contributed by atoms with E-state index in [2.05, 4.69) is 24.7 Å². The highest BCUT2D eigenvalue weighted by Crippen LogP contribution is 2.25. The molecule has 96 valence electrons. The van der Waals surface area contributed by atoms with Gasteiger partial charge in [-0.15, -0.1) is 19.3 Å². The van der Waals surface area contributed by atoms with Crippen molar-refractivity contribution in [2.24, 2.45) is 0 Å². The molecule has 1 aromatic rings. The van der Waals surface area contributed by atoms with Crippen molar-refractivity contribution in [2.45, 2.75) is 32.6 Å². The summed E-state index contributed by atoms with van der Waals surface area (Å²) in [5.74, 6) is 8.30. The number of rotatable bonds is 6. The standard InChI is InChI=1S/C18H18O/c1-5-9-10-11-12-19-18-16(7-3)13-15(6-2)14-17(18)8-4/h2-4,13-14H,5,9-12H2,1H3. The molecule has 0 unspecified atom stereocenters. The van der Waals surface area contributed by atoms with Crippen LogP contribution in [0.4, 0.5) is 0 Å². The van der Waals surface area contributed by atoms with Crippen molar-refractivity contribution in [3.63, 3.8) is 0 Å². The van der Waals surface area contributed by atoms with Gasteiger partial charge in [0.15, 0.2) is 5.75 Å². The Labute approximate surface area is 116 Å². The summed E-state index contributed by atoms with van der Waals surface area (Å²) in [5.41, 5.74) is 1.93. The van der Waals surface area contributed by atoms with Crippen LogP contribution in [-0.4, -0.2) is 6.61 Å². The molecule has 0 aliphatic heterocycles. The van der Waals surface area contributed by atoms with Crippen LogP contribution in [0.3, 0.4) is 0 Å². The lowest BCUT2D eigenvalue weighted by molar-refractivity contribution is 0.303. The van der Waals surface area contributed by atoms with Gasteiger partial charge in [0.25, 0.3) is 0 Å². The Morgan fingerprint density at radius 3 is 2.05 bits per heavy atom. The third-order valence-electron chi connectivity index (χ3n) is 2.81. The second-order valence-electron chi connectivity index (χ2n) is 4.24. The van der Waals surface area contributed by atoms with Crippen molar-refractivity contribution < 1.29 is 4.74 Å². The monoisotopic (exact) mass is 250 g/mol. The molecule has 0 amide bonds. The molecule has 0 fully saturated rings. The highest BCUT2D eigenvalue weighted by Gasteiger charge is 2.09. The fourth-order valence-electron chi connectivity index (χ4n) is 1.79. The van der Waals surface area contributed by atoms with Crippen molar-refractivity contribution in [3.05, 3.63) is 28.8 Å². The first kappa shape index (κ1) is 14.8. The highest BCUT2D eigenvalue weighted by atomic mass is 16.5. The third kappa shape index (κ3) is 4.13. The van der Waals surface area contributed by atoms with Crippen molar-refractivity contribution >= 4 is 0 Å². The molecule has 19 heavy (non-hydrogen) atoms. The molecule has 0 bridgehead atoms. The molecule has 1 heteroatoms. The summed E-state index contributed by atoms with van der Waals surface area (Å²) in [6.07, 6.45) is 20.9. The number of benzene rings is 1. The van der Waals surface area contributed by atoms with Gasteiger partial charge < -0.3 is 4.74 Å². The Kier molecular flexibility index (Phi) is 6.15. The van der Waals surface area contributed by atoms with E-state index in [-0.39, 0.29) is 0 Å². The SMILES string of the molecule is C#Cc1cc(C#C)c(OCCCCCC)c(C#C)c1. The first-order chi connectivity index (χ1) is 9.26. The number of unbranched alkanes of at least 4 members (excludes halogenated alkanes) is 3. The summed E-state index contributed by atoms with van der Waals surface area (Å²) in [6.45, 7) is 2.80. The molecule has 1 rings (SSSR count). The predicted molar refractivity (Wildman–Crippen MR) is 79.9 cm³/mol. The minimum absolute atomic E-state index is 0.598. The van der Waals surface area contributed by atoms with Gasteiger partial charge in [0.1, 0.15) is 0 Å². The topological polar surface area (TPSA) is 9.23 Å². The Morgan fingerprint density at radius 1 is 0.947 bits per heavy atom. The van der Waals surface area contributed by atoms with Crippen molar-refractivity contribution in [1.82, 2.24) is 0 Å². The van der Waals surface area contributed by atoms with E-state index in [0.29, 0.717) is 29.0 Å². The van der Waals surface area contributed by atoms with Crippen LogP contribution in [0.15, 0.2) is 12.1 Å². The molecule has 0 aliphatic carbocycles. The molecule has 0 heterocycles. The molecule has 0 atom stereocenters. The largest absolute Gasteiger partial charge is 0.491 e. The van der Waals surface area contributed by atoms with E-state index in [1.54, 1.807) is 12.1 Å². The zero-order valence-electron chi connectivity index (χ0n) is 11.3. The molecular formula is C18H18O. The fourth-order valence-corrected chi connectivity index (χ4v) is 1.79. The van der Waals surface area contributed by atoms with Crippen LogP contribution in [0.2, 0.25) is 0 Å².